The second-order valence-corrected chi connectivity index (χ2v) is 7.84. The van der Waals surface area contributed by atoms with Crippen molar-refractivity contribution in [3.63, 3.8) is 0 Å². The van der Waals surface area contributed by atoms with Gasteiger partial charge in [-0.05, 0) is 53.8 Å². The number of furan rings is 1. The van der Waals surface area contributed by atoms with E-state index in [2.05, 4.69) is 11.1 Å². The van der Waals surface area contributed by atoms with Crippen molar-refractivity contribution >= 4 is 17.5 Å². The lowest BCUT2D eigenvalue weighted by molar-refractivity contribution is 0.0564. The van der Waals surface area contributed by atoms with Crippen molar-refractivity contribution < 1.29 is 9.21 Å². The highest BCUT2D eigenvalue weighted by atomic mass is 35.5. The smallest absolute Gasteiger partial charge is 0.289 e. The van der Waals surface area contributed by atoms with Crippen molar-refractivity contribution in [2.75, 3.05) is 13.1 Å². The zero-order valence-corrected chi connectivity index (χ0v) is 15.8. The molecule has 1 saturated heterocycles. The molecule has 3 aromatic rings. The molecule has 2 aliphatic heterocycles. The Kier molecular flexibility index (Phi) is 4.09. The number of hydrogen-bond donors (Lipinski definition) is 0. The van der Waals surface area contributed by atoms with E-state index < -0.39 is 0 Å². The lowest BCUT2D eigenvalue weighted by Gasteiger charge is -2.42. The minimum Gasteiger partial charge on any atom is -0.440 e. The molecule has 0 aromatic carbocycles. The summed E-state index contributed by atoms with van der Waals surface area (Å²) in [5.74, 6) is 0.473. The minimum absolute atomic E-state index is 0.00338. The van der Waals surface area contributed by atoms with Crippen LogP contribution in [-0.2, 0) is 6.54 Å². The van der Waals surface area contributed by atoms with Gasteiger partial charge in [-0.1, -0.05) is 6.07 Å². The molecule has 1 fully saturated rings. The van der Waals surface area contributed by atoms with E-state index in [1.54, 1.807) is 30.6 Å². The van der Waals surface area contributed by atoms with Crippen molar-refractivity contribution in [1.29, 1.82) is 0 Å². The van der Waals surface area contributed by atoms with Crippen LogP contribution in [0.4, 0.5) is 0 Å². The van der Waals surface area contributed by atoms with Crippen LogP contribution in [0.1, 0.15) is 28.6 Å². The van der Waals surface area contributed by atoms with Crippen LogP contribution in [0, 0.1) is 5.92 Å². The molecule has 28 heavy (non-hydrogen) atoms. The number of carbonyl (C=O) groups excluding carboxylic acids is 1. The molecule has 142 valence electrons. The first-order chi connectivity index (χ1) is 13.6. The molecule has 5 heterocycles. The highest BCUT2D eigenvalue weighted by molar-refractivity contribution is 6.29. The van der Waals surface area contributed by atoms with Crippen LogP contribution in [0.25, 0.3) is 11.1 Å². The second kappa shape index (κ2) is 6.63. The van der Waals surface area contributed by atoms with Gasteiger partial charge < -0.3 is 13.9 Å². The number of amides is 1. The summed E-state index contributed by atoms with van der Waals surface area (Å²) in [4.78, 5) is 31.5. The molecule has 1 amide bonds. The maximum Gasteiger partial charge on any atom is 0.289 e. The van der Waals surface area contributed by atoms with Crippen LogP contribution in [0.5, 0.6) is 0 Å². The van der Waals surface area contributed by atoms with Crippen molar-refractivity contribution in [2.45, 2.75) is 18.9 Å². The fourth-order valence-corrected chi connectivity index (χ4v) is 4.56. The van der Waals surface area contributed by atoms with Gasteiger partial charge in [0.25, 0.3) is 11.5 Å². The Morgan fingerprint density at radius 1 is 1.14 bits per heavy atom. The Hall–Kier alpha value is -2.86. The largest absolute Gasteiger partial charge is 0.440 e. The topological polar surface area (TPSA) is 68.3 Å². The molecule has 0 saturated carbocycles. The Morgan fingerprint density at radius 3 is 2.79 bits per heavy atom. The third-order valence-corrected chi connectivity index (χ3v) is 5.83. The highest BCUT2D eigenvalue weighted by Crippen LogP contribution is 2.37. The third-order valence-electron chi connectivity index (χ3n) is 5.62. The number of likely N-dealkylation sites (tertiary alicyclic amines) is 1. The lowest BCUT2D eigenvalue weighted by atomic mass is 9.82. The molecule has 0 N–H and O–H groups in total. The van der Waals surface area contributed by atoms with Crippen molar-refractivity contribution in [3.8, 4) is 11.1 Å². The molecule has 2 aliphatic rings. The van der Waals surface area contributed by atoms with Gasteiger partial charge in [-0.3, -0.25) is 14.6 Å². The molecule has 2 bridgehead atoms. The standard InChI is InChI=1S/C21H18ClN3O3/c22-19-4-3-18(28-19)21(27)24-10-13-6-16(12-24)17-7-15(8-20(26)25(17)11-13)14-2-1-5-23-9-14/h1-5,7-9,13,16H,6,10-12H2/t13-,16+/m0/s1. The number of hydrogen-bond acceptors (Lipinski definition) is 4. The molecule has 0 unspecified atom stereocenters. The van der Waals surface area contributed by atoms with E-state index in [0.29, 0.717) is 19.6 Å². The number of rotatable bonds is 2. The van der Waals surface area contributed by atoms with Crippen molar-refractivity contribution in [1.82, 2.24) is 14.5 Å². The van der Waals surface area contributed by atoms with Crippen LogP contribution in [0.3, 0.4) is 0 Å². The summed E-state index contributed by atoms with van der Waals surface area (Å²) in [6.45, 7) is 1.80. The van der Waals surface area contributed by atoms with E-state index in [1.807, 2.05) is 21.6 Å². The number of piperidine rings is 1. The van der Waals surface area contributed by atoms with E-state index in [-0.39, 0.29) is 34.3 Å². The second-order valence-electron chi connectivity index (χ2n) is 7.47. The first-order valence-corrected chi connectivity index (χ1v) is 9.66. The first-order valence-electron chi connectivity index (χ1n) is 9.28. The van der Waals surface area contributed by atoms with Gasteiger partial charge in [-0.2, -0.15) is 0 Å². The number of fused-ring (bicyclic) bond motifs is 4. The SMILES string of the molecule is O=C(c1ccc(Cl)o1)N1C[C@@H]2C[C@H](C1)c1cc(-c3cccnc3)cc(=O)n1C2. The molecule has 2 atom stereocenters. The fraction of sp³-hybridized carbons (Fsp3) is 0.286. The number of aromatic nitrogens is 2. The van der Waals surface area contributed by atoms with Gasteiger partial charge in [0.1, 0.15) is 0 Å². The monoisotopic (exact) mass is 395 g/mol. The van der Waals surface area contributed by atoms with Gasteiger partial charge >= 0.3 is 0 Å². The van der Waals surface area contributed by atoms with Gasteiger partial charge in [-0.15, -0.1) is 0 Å². The molecular weight excluding hydrogens is 378 g/mol. The first kappa shape index (κ1) is 17.3. The molecular formula is C21H18ClN3O3. The normalized spacial score (nSPS) is 20.7. The lowest BCUT2D eigenvalue weighted by Crippen LogP contribution is -2.49. The maximum absolute atomic E-state index is 12.8. The Bertz CT molecular complexity index is 1110. The van der Waals surface area contributed by atoms with Crippen LogP contribution in [0.2, 0.25) is 5.22 Å². The van der Waals surface area contributed by atoms with Crippen molar-refractivity contribution in [3.05, 3.63) is 75.8 Å². The van der Waals surface area contributed by atoms with Gasteiger partial charge in [-0.25, -0.2) is 0 Å². The van der Waals surface area contributed by atoms with E-state index in [9.17, 15) is 9.59 Å². The molecule has 0 aliphatic carbocycles. The average molecular weight is 396 g/mol. The number of halogens is 1. The molecule has 6 nitrogen and oxygen atoms in total. The molecule has 0 radical (unpaired) electrons. The third kappa shape index (κ3) is 2.94. The summed E-state index contributed by atoms with van der Waals surface area (Å²) in [6.07, 6.45) is 4.44. The zero-order valence-electron chi connectivity index (χ0n) is 15.0. The Balaban J connectivity index is 1.49. The molecule has 7 heteroatoms. The van der Waals surface area contributed by atoms with E-state index in [4.69, 9.17) is 16.0 Å². The van der Waals surface area contributed by atoms with Gasteiger partial charge in [0.05, 0.1) is 0 Å². The molecule has 3 aromatic heterocycles. The van der Waals surface area contributed by atoms with Gasteiger partial charge in [0.15, 0.2) is 11.0 Å². The predicted octanol–water partition coefficient (Wildman–Crippen LogP) is 3.42. The predicted molar refractivity (Wildman–Crippen MR) is 104 cm³/mol. The molecule has 0 spiro atoms. The Labute approximate surface area is 166 Å². The number of carbonyl (C=O) groups is 1. The maximum atomic E-state index is 12.8. The van der Waals surface area contributed by atoms with Crippen LogP contribution in [0.15, 0.2) is 58.0 Å². The fourth-order valence-electron chi connectivity index (χ4n) is 4.41. The zero-order chi connectivity index (χ0) is 19.3. The van der Waals surface area contributed by atoms with Crippen LogP contribution < -0.4 is 5.56 Å². The number of pyridine rings is 2. The van der Waals surface area contributed by atoms with Crippen molar-refractivity contribution in [2.24, 2.45) is 5.92 Å². The average Bonchev–Trinajstić information content (AvgIpc) is 3.15. The Morgan fingerprint density at radius 2 is 2.04 bits per heavy atom. The van der Waals surface area contributed by atoms with E-state index in [0.717, 1.165) is 23.2 Å². The van der Waals surface area contributed by atoms with Gasteiger partial charge in [0, 0.05) is 55.3 Å². The molecule has 5 rings (SSSR count). The summed E-state index contributed by atoms with van der Waals surface area (Å²) in [5.41, 5.74) is 2.77. The highest BCUT2D eigenvalue weighted by Gasteiger charge is 2.37. The van der Waals surface area contributed by atoms with Gasteiger partial charge in [0.2, 0.25) is 0 Å². The van der Waals surface area contributed by atoms with E-state index in [1.165, 1.54) is 0 Å². The van der Waals surface area contributed by atoms with Crippen LogP contribution in [-0.4, -0.2) is 33.4 Å². The summed E-state index contributed by atoms with van der Waals surface area (Å²) in [5, 5.41) is 0.207. The summed E-state index contributed by atoms with van der Waals surface area (Å²) in [6, 6.07) is 10.7. The van der Waals surface area contributed by atoms with E-state index >= 15 is 0 Å². The summed E-state index contributed by atoms with van der Waals surface area (Å²) >= 11 is 5.82. The summed E-state index contributed by atoms with van der Waals surface area (Å²) in [7, 11) is 0. The summed E-state index contributed by atoms with van der Waals surface area (Å²) < 4.78 is 7.16. The number of nitrogens with zero attached hydrogens (tertiary/aromatic N) is 3. The van der Waals surface area contributed by atoms with Crippen LogP contribution >= 0.6 is 11.6 Å². The minimum atomic E-state index is -0.152. The quantitative estimate of drug-likeness (QED) is 0.666.